The van der Waals surface area contributed by atoms with Crippen molar-refractivity contribution in [1.82, 2.24) is 34.0 Å². The Bertz CT molecular complexity index is 1830. The van der Waals surface area contributed by atoms with Crippen LogP contribution in [0.5, 0.6) is 11.5 Å². The number of nitrogen functional groups attached to an aromatic ring is 1. The maximum atomic E-state index is 13.9. The highest BCUT2D eigenvalue weighted by Gasteiger charge is 2.25. The van der Waals surface area contributed by atoms with Gasteiger partial charge in [-0.2, -0.15) is 0 Å². The number of rotatable bonds is 9. The van der Waals surface area contributed by atoms with Gasteiger partial charge in [-0.05, 0) is 50.2 Å². The number of amides is 1. The average Bonchev–Trinajstić information content (AvgIpc) is 3.81. The monoisotopic (exact) mass is 563 g/mol. The van der Waals surface area contributed by atoms with Crippen LogP contribution in [-0.2, 0) is 4.79 Å². The van der Waals surface area contributed by atoms with Crippen molar-refractivity contribution in [3.8, 4) is 23.1 Å². The zero-order chi connectivity index (χ0) is 29.2. The molecule has 3 aromatic heterocycles. The minimum absolute atomic E-state index is 0.0791. The molecule has 42 heavy (non-hydrogen) atoms. The number of nitrogens with zero attached hydrogens (tertiary/aromatic N) is 8. The number of anilines is 2. The number of likely N-dealkylation sites (N-methyl/N-ethyl adjacent to an activating group) is 2. The van der Waals surface area contributed by atoms with Crippen molar-refractivity contribution in [3.63, 3.8) is 0 Å². The molecular formula is C30H29N9O3. The number of hydrogen-bond acceptors (Lipinski definition) is 9. The van der Waals surface area contributed by atoms with E-state index in [1.54, 1.807) is 37.4 Å². The van der Waals surface area contributed by atoms with Crippen LogP contribution in [-0.4, -0.2) is 66.6 Å². The Morgan fingerprint density at radius 3 is 2.50 bits per heavy atom. The summed E-state index contributed by atoms with van der Waals surface area (Å²) >= 11 is 0. The van der Waals surface area contributed by atoms with E-state index in [0.717, 1.165) is 0 Å². The Morgan fingerprint density at radius 2 is 1.76 bits per heavy atom. The van der Waals surface area contributed by atoms with Crippen LogP contribution in [0.3, 0.4) is 0 Å². The lowest BCUT2D eigenvalue weighted by atomic mass is 10.2. The van der Waals surface area contributed by atoms with E-state index in [0.29, 0.717) is 35.5 Å². The maximum absolute atomic E-state index is 13.9. The number of carbonyl (C=O) groups is 1. The number of nitrogens with two attached hydrogens (primary N) is 1. The average molecular weight is 564 g/mol. The van der Waals surface area contributed by atoms with E-state index in [-0.39, 0.29) is 28.8 Å². The summed E-state index contributed by atoms with van der Waals surface area (Å²) in [4.78, 5) is 47.7. The lowest BCUT2D eigenvalue weighted by molar-refractivity contribution is -0.113. The largest absolute Gasteiger partial charge is 0.454 e. The Morgan fingerprint density at radius 1 is 1.00 bits per heavy atom. The molecule has 0 saturated heterocycles. The smallest absolute Gasteiger partial charge is 0.342 e. The van der Waals surface area contributed by atoms with Gasteiger partial charge in [0.05, 0.1) is 18.1 Å². The van der Waals surface area contributed by atoms with Crippen LogP contribution in [0, 0.1) is 0 Å². The lowest BCUT2D eigenvalue weighted by Gasteiger charge is -2.17. The van der Waals surface area contributed by atoms with Crippen molar-refractivity contribution in [2.24, 2.45) is 0 Å². The van der Waals surface area contributed by atoms with Crippen molar-refractivity contribution in [2.75, 3.05) is 31.3 Å². The fraction of sp³-hybridized carbons (Fsp3) is 0.200. The zero-order valence-electron chi connectivity index (χ0n) is 23.2. The van der Waals surface area contributed by atoms with Gasteiger partial charge in [0.1, 0.15) is 17.6 Å². The first-order valence-electron chi connectivity index (χ1n) is 13.4. The third-order valence-electron chi connectivity index (χ3n) is 7.07. The van der Waals surface area contributed by atoms with Crippen molar-refractivity contribution in [2.45, 2.75) is 18.9 Å². The van der Waals surface area contributed by atoms with Crippen LogP contribution in [0.25, 0.3) is 22.8 Å². The number of benzene rings is 2. The van der Waals surface area contributed by atoms with Gasteiger partial charge in [0, 0.05) is 31.4 Å². The fourth-order valence-electron chi connectivity index (χ4n) is 4.63. The molecule has 0 aliphatic heterocycles. The van der Waals surface area contributed by atoms with Gasteiger partial charge >= 0.3 is 5.69 Å². The minimum Gasteiger partial charge on any atom is -0.454 e. The first-order valence-corrected chi connectivity index (χ1v) is 13.4. The molecule has 1 amide bonds. The molecule has 5 aromatic rings. The highest BCUT2D eigenvalue weighted by Crippen LogP contribution is 2.26. The topological polar surface area (TPSA) is 137 Å². The zero-order valence-corrected chi connectivity index (χ0v) is 23.2. The van der Waals surface area contributed by atoms with Crippen LogP contribution in [0.1, 0.15) is 12.8 Å². The van der Waals surface area contributed by atoms with Crippen molar-refractivity contribution < 1.29 is 9.53 Å². The second-order valence-corrected chi connectivity index (χ2v) is 10.0. The van der Waals surface area contributed by atoms with Crippen LogP contribution < -0.4 is 21.1 Å². The van der Waals surface area contributed by atoms with E-state index in [2.05, 4.69) is 31.9 Å². The predicted molar refractivity (Wildman–Crippen MR) is 159 cm³/mol. The van der Waals surface area contributed by atoms with E-state index in [1.807, 2.05) is 36.4 Å². The summed E-state index contributed by atoms with van der Waals surface area (Å²) in [6.07, 6.45) is 10.1. The Hall–Kier alpha value is -5.36. The normalized spacial score (nSPS) is 13.2. The Balaban J connectivity index is 1.33. The molecule has 1 aliphatic rings. The summed E-state index contributed by atoms with van der Waals surface area (Å²) in [5.41, 5.74) is 7.35. The fourth-order valence-corrected chi connectivity index (χ4v) is 4.63. The summed E-state index contributed by atoms with van der Waals surface area (Å²) in [5.74, 6) is 1.03. The SMILES string of the molecule is CN(C(=O)/C=C/CN(C)C1CC1)c1cccc(-n2c(=O)n(-c3ncc(Oc4ccccc4)cn3)c3c(N)ncnc32)c1. The molecular weight excluding hydrogens is 534 g/mol. The number of ether oxygens (including phenoxy) is 1. The molecule has 0 spiro atoms. The molecule has 6 rings (SSSR count). The van der Waals surface area contributed by atoms with E-state index >= 15 is 0 Å². The summed E-state index contributed by atoms with van der Waals surface area (Å²) in [5, 5.41) is 0. The Kier molecular flexibility index (Phi) is 7.19. The van der Waals surface area contributed by atoms with Crippen molar-refractivity contribution in [1.29, 1.82) is 0 Å². The number of imidazole rings is 1. The van der Waals surface area contributed by atoms with E-state index < -0.39 is 5.69 Å². The van der Waals surface area contributed by atoms with Gasteiger partial charge in [-0.1, -0.05) is 30.3 Å². The molecule has 0 bridgehead atoms. The standard InChI is InChI=1S/C30H29N9O3/c1-36(20-13-14-20)15-7-12-25(40)37(2)21-8-6-9-22(16-21)38-28-26(27(31)34-19-35-28)39(30(38)41)29-32-17-24(18-33-29)42-23-10-4-3-5-11-23/h3-12,16-20H,13-15H2,1-2H3,(H2,31,34,35)/b12-7+. The van der Waals surface area contributed by atoms with Crippen molar-refractivity contribution in [3.05, 3.63) is 96.0 Å². The molecule has 12 heteroatoms. The molecule has 212 valence electrons. The third kappa shape index (κ3) is 5.34. The molecule has 0 radical (unpaired) electrons. The maximum Gasteiger partial charge on any atom is 0.342 e. The molecule has 1 saturated carbocycles. The van der Waals surface area contributed by atoms with E-state index in [4.69, 9.17) is 10.5 Å². The van der Waals surface area contributed by atoms with Gasteiger partial charge in [-0.3, -0.25) is 9.69 Å². The van der Waals surface area contributed by atoms with Gasteiger partial charge in [-0.25, -0.2) is 33.9 Å². The molecule has 3 heterocycles. The second-order valence-electron chi connectivity index (χ2n) is 10.0. The van der Waals surface area contributed by atoms with Gasteiger partial charge in [0.15, 0.2) is 17.2 Å². The molecule has 0 atom stereocenters. The van der Waals surface area contributed by atoms with Gasteiger partial charge < -0.3 is 15.4 Å². The van der Waals surface area contributed by atoms with E-state index in [1.165, 1.54) is 45.6 Å². The minimum atomic E-state index is -0.497. The number of hydrogen-bond donors (Lipinski definition) is 1. The Labute approximate surface area is 241 Å². The number of fused-ring (bicyclic) bond motifs is 1. The van der Waals surface area contributed by atoms with Crippen LogP contribution in [0.4, 0.5) is 11.5 Å². The van der Waals surface area contributed by atoms with Crippen LogP contribution in [0.2, 0.25) is 0 Å². The summed E-state index contributed by atoms with van der Waals surface area (Å²) in [7, 11) is 3.75. The summed E-state index contributed by atoms with van der Waals surface area (Å²) in [6.45, 7) is 0.710. The van der Waals surface area contributed by atoms with Crippen LogP contribution >= 0.6 is 0 Å². The number of aromatic nitrogens is 6. The van der Waals surface area contributed by atoms with Crippen molar-refractivity contribution >= 4 is 28.6 Å². The van der Waals surface area contributed by atoms with Crippen LogP contribution in [0.15, 0.2) is 90.3 Å². The number of para-hydroxylation sites is 1. The highest BCUT2D eigenvalue weighted by molar-refractivity contribution is 6.01. The van der Waals surface area contributed by atoms with E-state index in [9.17, 15) is 9.59 Å². The molecule has 2 aromatic carbocycles. The first-order chi connectivity index (χ1) is 20.4. The summed E-state index contributed by atoms with van der Waals surface area (Å²) in [6, 6.07) is 16.9. The predicted octanol–water partition coefficient (Wildman–Crippen LogP) is 3.35. The quantitative estimate of drug-likeness (QED) is 0.268. The summed E-state index contributed by atoms with van der Waals surface area (Å²) < 4.78 is 8.44. The molecule has 0 unspecified atom stereocenters. The highest BCUT2D eigenvalue weighted by atomic mass is 16.5. The molecule has 12 nitrogen and oxygen atoms in total. The molecule has 2 N–H and O–H groups in total. The second kappa shape index (κ2) is 11.3. The number of carbonyl (C=O) groups excluding carboxylic acids is 1. The van der Waals surface area contributed by atoms with Gasteiger partial charge in [-0.15, -0.1) is 0 Å². The third-order valence-corrected chi connectivity index (χ3v) is 7.07. The molecule has 1 aliphatic carbocycles. The first kappa shape index (κ1) is 26.8. The lowest BCUT2D eigenvalue weighted by Crippen LogP contribution is -2.26. The van der Waals surface area contributed by atoms with Gasteiger partial charge in [0.25, 0.3) is 0 Å². The van der Waals surface area contributed by atoms with Gasteiger partial charge in [0.2, 0.25) is 11.9 Å². The molecule has 1 fully saturated rings.